The Labute approximate surface area is 185 Å². The predicted octanol–water partition coefficient (Wildman–Crippen LogP) is 3.69. The standard InChI is InChI=1S/C20H32N4OS.HI/c1-6-23(7-2)18(25)17-10-8-16(9-11-17)14-22-19(21-5)24-12-13-26-20(3,4)15-24;/h8-11H,6-7,12-15H2,1-5H3,(H,21,22);1H. The topological polar surface area (TPSA) is 47.9 Å². The van der Waals surface area contributed by atoms with Gasteiger partial charge in [-0.2, -0.15) is 11.8 Å². The van der Waals surface area contributed by atoms with E-state index in [2.05, 4.69) is 29.1 Å². The van der Waals surface area contributed by atoms with Gasteiger partial charge in [-0.3, -0.25) is 9.79 Å². The first kappa shape index (κ1) is 24.1. The molecular weight excluding hydrogens is 471 g/mol. The number of thioether (sulfide) groups is 1. The summed E-state index contributed by atoms with van der Waals surface area (Å²) < 4.78 is 0.252. The van der Waals surface area contributed by atoms with E-state index in [4.69, 9.17) is 0 Å². The van der Waals surface area contributed by atoms with E-state index in [1.165, 1.54) is 0 Å². The zero-order valence-electron chi connectivity index (χ0n) is 17.1. The zero-order valence-corrected chi connectivity index (χ0v) is 20.3. The number of benzene rings is 1. The normalized spacial score (nSPS) is 16.5. The SMILES string of the molecule is CCN(CC)C(=O)c1ccc(CNC(=NC)N2CCSC(C)(C)C2)cc1.I. The van der Waals surface area contributed by atoms with Gasteiger partial charge in [-0.1, -0.05) is 12.1 Å². The van der Waals surface area contributed by atoms with Crippen molar-refractivity contribution < 1.29 is 4.79 Å². The lowest BCUT2D eigenvalue weighted by atomic mass is 10.1. The van der Waals surface area contributed by atoms with E-state index in [1.54, 1.807) is 0 Å². The number of guanidine groups is 1. The summed E-state index contributed by atoms with van der Waals surface area (Å²) in [5.41, 5.74) is 1.89. The summed E-state index contributed by atoms with van der Waals surface area (Å²) in [5.74, 6) is 2.16. The number of nitrogens with zero attached hydrogens (tertiary/aromatic N) is 3. The number of halogens is 1. The third-order valence-corrected chi connectivity index (χ3v) is 5.94. The van der Waals surface area contributed by atoms with Crippen LogP contribution in [0.25, 0.3) is 0 Å². The maximum atomic E-state index is 12.4. The molecule has 0 atom stereocenters. The second kappa shape index (κ2) is 11.1. The largest absolute Gasteiger partial charge is 0.352 e. The van der Waals surface area contributed by atoms with Gasteiger partial charge in [-0.25, -0.2) is 0 Å². The van der Waals surface area contributed by atoms with Crippen LogP contribution in [-0.2, 0) is 6.54 Å². The molecule has 1 aromatic rings. The molecule has 1 amide bonds. The van der Waals surface area contributed by atoms with Gasteiger partial charge in [-0.05, 0) is 45.4 Å². The van der Waals surface area contributed by atoms with E-state index in [1.807, 2.05) is 61.8 Å². The minimum absolute atomic E-state index is 0. The van der Waals surface area contributed by atoms with Gasteiger partial charge in [0.05, 0.1) is 0 Å². The smallest absolute Gasteiger partial charge is 0.253 e. The van der Waals surface area contributed by atoms with Gasteiger partial charge in [0, 0.05) is 55.8 Å². The third-order valence-electron chi connectivity index (χ3n) is 4.64. The van der Waals surface area contributed by atoms with Crippen LogP contribution in [0.1, 0.15) is 43.6 Å². The van der Waals surface area contributed by atoms with Gasteiger partial charge in [0.15, 0.2) is 5.96 Å². The van der Waals surface area contributed by atoms with Crippen LogP contribution in [-0.4, -0.2) is 65.4 Å². The van der Waals surface area contributed by atoms with Crippen molar-refractivity contribution in [1.82, 2.24) is 15.1 Å². The molecule has 1 aromatic carbocycles. The van der Waals surface area contributed by atoms with Crippen LogP contribution in [0.2, 0.25) is 0 Å². The molecule has 27 heavy (non-hydrogen) atoms. The Hall–Kier alpha value is -0.960. The van der Waals surface area contributed by atoms with E-state index in [-0.39, 0.29) is 34.6 Å². The lowest BCUT2D eigenvalue weighted by molar-refractivity contribution is 0.0773. The van der Waals surface area contributed by atoms with Gasteiger partial charge >= 0.3 is 0 Å². The van der Waals surface area contributed by atoms with Crippen LogP contribution in [0.15, 0.2) is 29.3 Å². The van der Waals surface area contributed by atoms with Crippen LogP contribution >= 0.6 is 35.7 Å². The van der Waals surface area contributed by atoms with E-state index >= 15 is 0 Å². The average molecular weight is 504 g/mol. The summed E-state index contributed by atoms with van der Waals surface area (Å²) in [4.78, 5) is 21.0. The number of amides is 1. The Bertz CT molecular complexity index is 629. The Kier molecular flexibility index (Phi) is 9.94. The summed E-state index contributed by atoms with van der Waals surface area (Å²) in [6, 6.07) is 7.88. The summed E-state index contributed by atoms with van der Waals surface area (Å²) in [6.07, 6.45) is 0. The molecule has 5 nitrogen and oxygen atoms in total. The first-order valence-corrected chi connectivity index (χ1v) is 10.4. The Morgan fingerprint density at radius 3 is 2.41 bits per heavy atom. The molecule has 0 bridgehead atoms. The first-order valence-electron chi connectivity index (χ1n) is 9.38. The second-order valence-electron chi connectivity index (χ2n) is 7.10. The maximum Gasteiger partial charge on any atom is 0.253 e. The minimum Gasteiger partial charge on any atom is -0.352 e. The summed E-state index contributed by atoms with van der Waals surface area (Å²) in [7, 11) is 1.84. The second-order valence-corrected chi connectivity index (χ2v) is 8.91. The number of carbonyl (C=O) groups is 1. The van der Waals surface area contributed by atoms with E-state index in [0.29, 0.717) is 6.54 Å². The minimum atomic E-state index is 0. The lowest BCUT2D eigenvalue weighted by Gasteiger charge is -2.39. The van der Waals surface area contributed by atoms with Crippen LogP contribution in [0.5, 0.6) is 0 Å². The molecule has 1 saturated heterocycles. The number of rotatable bonds is 5. The zero-order chi connectivity index (χ0) is 19.2. The number of nitrogens with one attached hydrogen (secondary N) is 1. The Morgan fingerprint density at radius 1 is 1.26 bits per heavy atom. The molecule has 1 heterocycles. The van der Waals surface area contributed by atoms with Crippen molar-refractivity contribution in [1.29, 1.82) is 0 Å². The van der Waals surface area contributed by atoms with Crippen molar-refractivity contribution in [3.05, 3.63) is 35.4 Å². The molecule has 0 unspecified atom stereocenters. The van der Waals surface area contributed by atoms with Crippen molar-refractivity contribution in [2.75, 3.05) is 39.0 Å². The highest BCUT2D eigenvalue weighted by molar-refractivity contribution is 14.0. The summed E-state index contributed by atoms with van der Waals surface area (Å²) >= 11 is 2.02. The average Bonchev–Trinajstić information content (AvgIpc) is 2.63. The van der Waals surface area contributed by atoms with Crippen molar-refractivity contribution in [3.63, 3.8) is 0 Å². The molecule has 7 heteroatoms. The molecule has 0 aromatic heterocycles. The van der Waals surface area contributed by atoms with E-state index in [9.17, 15) is 4.79 Å². The number of hydrogen-bond acceptors (Lipinski definition) is 3. The van der Waals surface area contributed by atoms with Crippen molar-refractivity contribution in [3.8, 4) is 0 Å². The molecule has 2 rings (SSSR count). The molecule has 0 radical (unpaired) electrons. The molecular formula is C20H33IN4OS. The molecule has 0 aliphatic carbocycles. The van der Waals surface area contributed by atoms with Crippen LogP contribution in [0.3, 0.4) is 0 Å². The van der Waals surface area contributed by atoms with Gasteiger partial charge < -0.3 is 15.1 Å². The number of carbonyl (C=O) groups excluding carboxylic acids is 1. The molecule has 1 aliphatic heterocycles. The van der Waals surface area contributed by atoms with Crippen LogP contribution < -0.4 is 5.32 Å². The van der Waals surface area contributed by atoms with Crippen molar-refractivity contribution >= 4 is 47.6 Å². The summed E-state index contributed by atoms with van der Waals surface area (Å²) in [6.45, 7) is 12.8. The highest BCUT2D eigenvalue weighted by Crippen LogP contribution is 2.29. The monoisotopic (exact) mass is 504 g/mol. The predicted molar refractivity (Wildman–Crippen MR) is 127 cm³/mol. The fraction of sp³-hybridized carbons (Fsp3) is 0.600. The molecule has 1 fully saturated rings. The first-order chi connectivity index (χ1) is 12.4. The van der Waals surface area contributed by atoms with Crippen molar-refractivity contribution in [2.24, 2.45) is 4.99 Å². The molecule has 1 aliphatic rings. The summed E-state index contributed by atoms with van der Waals surface area (Å²) in [5, 5.41) is 3.46. The fourth-order valence-corrected chi connectivity index (χ4v) is 4.28. The Balaban J connectivity index is 0.00000364. The maximum absolute atomic E-state index is 12.4. The third kappa shape index (κ3) is 6.85. The Morgan fingerprint density at radius 2 is 1.89 bits per heavy atom. The van der Waals surface area contributed by atoms with Gasteiger partial charge in [0.2, 0.25) is 0 Å². The molecule has 152 valence electrons. The quantitative estimate of drug-likeness (QED) is 0.378. The van der Waals surface area contributed by atoms with Gasteiger partial charge in [0.25, 0.3) is 5.91 Å². The fourth-order valence-electron chi connectivity index (χ4n) is 3.17. The van der Waals surface area contributed by atoms with Crippen molar-refractivity contribution in [2.45, 2.75) is 39.0 Å². The van der Waals surface area contributed by atoms with Gasteiger partial charge in [0.1, 0.15) is 0 Å². The molecule has 0 spiro atoms. The van der Waals surface area contributed by atoms with E-state index in [0.717, 1.165) is 49.0 Å². The molecule has 0 saturated carbocycles. The highest BCUT2D eigenvalue weighted by atomic mass is 127. The highest BCUT2D eigenvalue weighted by Gasteiger charge is 2.28. The lowest BCUT2D eigenvalue weighted by Crippen LogP contribution is -2.50. The van der Waals surface area contributed by atoms with Gasteiger partial charge in [-0.15, -0.1) is 24.0 Å². The van der Waals surface area contributed by atoms with E-state index < -0.39 is 0 Å². The van der Waals surface area contributed by atoms with Crippen LogP contribution in [0, 0.1) is 0 Å². The molecule has 1 N–H and O–H groups in total. The van der Waals surface area contributed by atoms with Crippen LogP contribution in [0.4, 0.5) is 0 Å². The number of hydrogen-bond donors (Lipinski definition) is 1. The number of aliphatic imine (C=N–C) groups is 1.